The van der Waals surface area contributed by atoms with Crippen molar-refractivity contribution in [1.29, 1.82) is 0 Å². The van der Waals surface area contributed by atoms with Crippen LogP contribution in [0.25, 0.3) is 0 Å². The summed E-state index contributed by atoms with van der Waals surface area (Å²) in [7, 11) is -2.04. The second-order valence-corrected chi connectivity index (χ2v) is 6.47. The molecule has 6 nitrogen and oxygen atoms in total. The van der Waals surface area contributed by atoms with Crippen LogP contribution < -0.4 is 9.44 Å². The predicted octanol–water partition coefficient (Wildman–Crippen LogP) is -0.146. The molecule has 17 heavy (non-hydrogen) atoms. The largest absolute Gasteiger partial charge is 0.396 e. The average Bonchev–Trinajstić information content (AvgIpc) is 2.15. The van der Waals surface area contributed by atoms with Crippen molar-refractivity contribution >= 4 is 10.2 Å². The summed E-state index contributed by atoms with van der Waals surface area (Å²) in [6, 6.07) is -0.312. The predicted molar refractivity (Wildman–Crippen MR) is 66.9 cm³/mol. The Morgan fingerprint density at radius 3 is 2.35 bits per heavy atom. The molecule has 0 aromatic rings. The summed E-state index contributed by atoms with van der Waals surface area (Å²) >= 11 is 0. The van der Waals surface area contributed by atoms with Gasteiger partial charge in [0.25, 0.3) is 10.2 Å². The summed E-state index contributed by atoms with van der Waals surface area (Å²) < 4.78 is 33.0. The van der Waals surface area contributed by atoms with Gasteiger partial charge in [0.15, 0.2) is 0 Å². The van der Waals surface area contributed by atoms with Crippen LogP contribution >= 0.6 is 0 Å². The van der Waals surface area contributed by atoms with Crippen molar-refractivity contribution in [2.75, 3.05) is 26.9 Å². The van der Waals surface area contributed by atoms with Crippen molar-refractivity contribution < 1.29 is 18.3 Å². The summed E-state index contributed by atoms with van der Waals surface area (Å²) in [6.07, 6.45) is 0.384. The van der Waals surface area contributed by atoms with E-state index in [0.717, 1.165) is 0 Å². The van der Waals surface area contributed by atoms with Gasteiger partial charge in [-0.25, -0.2) is 0 Å². The summed E-state index contributed by atoms with van der Waals surface area (Å²) in [6.45, 7) is 6.26. The zero-order chi connectivity index (χ0) is 13.5. The molecule has 104 valence electrons. The van der Waals surface area contributed by atoms with E-state index in [2.05, 4.69) is 9.44 Å². The van der Waals surface area contributed by atoms with Crippen LogP contribution in [0.5, 0.6) is 0 Å². The lowest BCUT2D eigenvalue weighted by atomic mass is 9.86. The van der Waals surface area contributed by atoms with Crippen molar-refractivity contribution in [3.8, 4) is 0 Å². The summed E-state index contributed by atoms with van der Waals surface area (Å²) in [5.74, 6) is 0. The monoisotopic (exact) mass is 268 g/mol. The summed E-state index contributed by atoms with van der Waals surface area (Å²) in [5.41, 5.74) is -0.251. The normalized spacial score (nSPS) is 14.9. The molecule has 0 aromatic heterocycles. The van der Waals surface area contributed by atoms with Crippen LogP contribution in [-0.2, 0) is 14.9 Å². The molecule has 0 amide bonds. The van der Waals surface area contributed by atoms with Gasteiger partial charge in [0, 0.05) is 26.3 Å². The van der Waals surface area contributed by atoms with Crippen LogP contribution in [0.3, 0.4) is 0 Å². The zero-order valence-corrected chi connectivity index (χ0v) is 11.8. The Morgan fingerprint density at radius 2 is 1.94 bits per heavy atom. The number of nitrogens with one attached hydrogen (secondary N) is 2. The lowest BCUT2D eigenvalue weighted by Gasteiger charge is -2.30. The lowest BCUT2D eigenvalue weighted by Crippen LogP contribution is -2.49. The van der Waals surface area contributed by atoms with Gasteiger partial charge < -0.3 is 9.84 Å². The molecule has 1 unspecified atom stereocenters. The van der Waals surface area contributed by atoms with E-state index in [1.807, 2.05) is 20.8 Å². The highest BCUT2D eigenvalue weighted by atomic mass is 32.2. The van der Waals surface area contributed by atoms with Gasteiger partial charge in [-0.1, -0.05) is 20.8 Å². The molecule has 0 saturated heterocycles. The fraction of sp³-hybridized carbons (Fsp3) is 1.00. The van der Waals surface area contributed by atoms with Crippen LogP contribution in [-0.4, -0.2) is 46.4 Å². The highest BCUT2D eigenvalue weighted by Crippen LogP contribution is 2.21. The van der Waals surface area contributed by atoms with Crippen LogP contribution in [0.2, 0.25) is 0 Å². The molecule has 0 aliphatic carbocycles. The number of hydrogen-bond acceptors (Lipinski definition) is 4. The van der Waals surface area contributed by atoms with E-state index < -0.39 is 10.2 Å². The smallest absolute Gasteiger partial charge is 0.277 e. The maximum Gasteiger partial charge on any atom is 0.277 e. The van der Waals surface area contributed by atoms with Crippen molar-refractivity contribution in [2.24, 2.45) is 5.41 Å². The van der Waals surface area contributed by atoms with Gasteiger partial charge in [-0.2, -0.15) is 17.9 Å². The highest BCUT2D eigenvalue weighted by molar-refractivity contribution is 7.87. The molecular formula is C10H24N2O4S. The Bertz CT molecular complexity index is 298. The molecule has 0 bridgehead atoms. The molecule has 7 heteroatoms. The minimum Gasteiger partial charge on any atom is -0.396 e. The molecule has 0 saturated carbocycles. The number of rotatable bonds is 8. The van der Waals surface area contributed by atoms with Crippen LogP contribution in [0, 0.1) is 5.41 Å². The third kappa shape index (κ3) is 7.67. The Balaban J connectivity index is 4.43. The maximum absolute atomic E-state index is 11.7. The SMILES string of the molecule is COCCNS(=O)(=O)NC(CCO)C(C)(C)C. The number of aliphatic hydroxyl groups excluding tert-OH is 1. The molecule has 0 radical (unpaired) electrons. The van der Waals surface area contributed by atoms with Crippen molar-refractivity contribution in [3.05, 3.63) is 0 Å². The second kappa shape index (κ2) is 7.27. The minimum atomic E-state index is -3.55. The van der Waals surface area contributed by atoms with Crippen LogP contribution in [0.1, 0.15) is 27.2 Å². The van der Waals surface area contributed by atoms with E-state index in [1.54, 1.807) is 0 Å². The fourth-order valence-electron chi connectivity index (χ4n) is 1.30. The first-order valence-electron chi connectivity index (χ1n) is 5.59. The molecule has 0 aromatic carbocycles. The third-order valence-corrected chi connectivity index (χ3v) is 3.54. The zero-order valence-electron chi connectivity index (χ0n) is 11.0. The van der Waals surface area contributed by atoms with Gasteiger partial charge in [0.2, 0.25) is 0 Å². The molecule has 1 atom stereocenters. The molecule has 3 N–H and O–H groups in total. The van der Waals surface area contributed by atoms with Crippen molar-refractivity contribution in [2.45, 2.75) is 33.2 Å². The minimum absolute atomic E-state index is 0.0530. The van der Waals surface area contributed by atoms with E-state index in [9.17, 15) is 8.42 Å². The maximum atomic E-state index is 11.7. The highest BCUT2D eigenvalue weighted by Gasteiger charge is 2.28. The van der Waals surface area contributed by atoms with Gasteiger partial charge in [-0.05, 0) is 11.8 Å². The molecule has 0 rings (SSSR count). The molecule has 0 heterocycles. The quantitative estimate of drug-likeness (QED) is 0.534. The van der Waals surface area contributed by atoms with Crippen LogP contribution in [0.15, 0.2) is 0 Å². The second-order valence-electron chi connectivity index (χ2n) is 4.94. The van der Waals surface area contributed by atoms with E-state index in [-0.39, 0.29) is 24.6 Å². The first-order chi connectivity index (χ1) is 7.73. The standard InChI is InChI=1S/C10H24N2O4S/c1-10(2,3)9(5-7-13)12-17(14,15)11-6-8-16-4/h9,11-13H,5-8H2,1-4H3. The number of hydrogen-bond donors (Lipinski definition) is 3. The molecule has 0 aliphatic rings. The number of methoxy groups -OCH3 is 1. The lowest BCUT2D eigenvalue weighted by molar-refractivity contribution is 0.202. The fourth-order valence-corrected chi connectivity index (χ4v) is 2.59. The molecule has 0 aliphatic heterocycles. The summed E-state index contributed by atoms with van der Waals surface area (Å²) in [5, 5.41) is 8.94. The van der Waals surface area contributed by atoms with Gasteiger partial charge in [0.05, 0.1) is 6.61 Å². The van der Waals surface area contributed by atoms with E-state index >= 15 is 0 Å². The first kappa shape index (κ1) is 16.8. The molecular weight excluding hydrogens is 244 g/mol. The molecule has 0 fully saturated rings. The third-order valence-electron chi connectivity index (χ3n) is 2.36. The summed E-state index contributed by atoms with van der Waals surface area (Å²) in [4.78, 5) is 0. The number of ether oxygens (including phenoxy) is 1. The topological polar surface area (TPSA) is 87.7 Å². The van der Waals surface area contributed by atoms with Crippen LogP contribution in [0.4, 0.5) is 0 Å². The number of aliphatic hydroxyl groups is 1. The van der Waals surface area contributed by atoms with Gasteiger partial charge in [0.1, 0.15) is 0 Å². The van der Waals surface area contributed by atoms with Crippen molar-refractivity contribution in [1.82, 2.24) is 9.44 Å². The Morgan fingerprint density at radius 1 is 1.35 bits per heavy atom. The van der Waals surface area contributed by atoms with E-state index in [4.69, 9.17) is 9.84 Å². The Kier molecular flexibility index (Phi) is 7.18. The van der Waals surface area contributed by atoms with Gasteiger partial charge in [-0.15, -0.1) is 0 Å². The molecule has 0 spiro atoms. The van der Waals surface area contributed by atoms with Crippen molar-refractivity contribution in [3.63, 3.8) is 0 Å². The van der Waals surface area contributed by atoms with Gasteiger partial charge >= 0.3 is 0 Å². The first-order valence-corrected chi connectivity index (χ1v) is 7.08. The average molecular weight is 268 g/mol. The van der Waals surface area contributed by atoms with Gasteiger partial charge in [-0.3, -0.25) is 0 Å². The Hall–Kier alpha value is -0.210. The Labute approximate surface area is 104 Å². The van der Waals surface area contributed by atoms with E-state index in [0.29, 0.717) is 13.0 Å². The van der Waals surface area contributed by atoms with E-state index in [1.165, 1.54) is 7.11 Å².